The van der Waals surface area contributed by atoms with Crippen LogP contribution in [0.15, 0.2) is 0 Å². The number of hydrogen-bond acceptors (Lipinski definition) is 15. The van der Waals surface area contributed by atoms with E-state index in [9.17, 15) is 43.2 Å². The van der Waals surface area contributed by atoms with Gasteiger partial charge >= 0.3 is 39.5 Å². The molecule has 0 saturated heterocycles. The van der Waals surface area contributed by atoms with Gasteiger partial charge in [0.2, 0.25) is 0 Å². The fourth-order valence-electron chi connectivity index (χ4n) is 11.8. The molecule has 19 heteroatoms. The highest BCUT2D eigenvalue weighted by Crippen LogP contribution is 2.45. The Morgan fingerprint density at radius 3 is 0.740 bits per heavy atom. The second kappa shape index (κ2) is 70.1. The summed E-state index contributed by atoms with van der Waals surface area (Å²) in [7, 11) is -9.90. The van der Waals surface area contributed by atoms with Crippen LogP contribution in [0.4, 0.5) is 0 Å². The maximum atomic E-state index is 13.1. The molecule has 0 heterocycles. The lowest BCUT2D eigenvalue weighted by molar-refractivity contribution is -0.161. The van der Waals surface area contributed by atoms with Gasteiger partial charge in [-0.05, 0) is 31.6 Å². The van der Waals surface area contributed by atoms with Crippen molar-refractivity contribution in [2.75, 3.05) is 39.6 Å². The highest BCUT2D eigenvalue weighted by atomic mass is 31.2. The Labute approximate surface area is 588 Å². The zero-order valence-electron chi connectivity index (χ0n) is 62.5. The third-order valence-corrected chi connectivity index (χ3v) is 20.3. The molecule has 0 rings (SSSR count). The Kier molecular flexibility index (Phi) is 68.7. The summed E-state index contributed by atoms with van der Waals surface area (Å²) in [5, 5.41) is 10.6. The summed E-state index contributed by atoms with van der Waals surface area (Å²) in [4.78, 5) is 72.5. The number of phosphoric ester groups is 2. The van der Waals surface area contributed by atoms with Gasteiger partial charge in [0.05, 0.1) is 26.4 Å². The second-order valence-electron chi connectivity index (χ2n) is 28.0. The van der Waals surface area contributed by atoms with Crippen LogP contribution < -0.4 is 0 Å². The van der Waals surface area contributed by atoms with Gasteiger partial charge in [-0.25, -0.2) is 9.13 Å². The molecule has 0 aromatic heterocycles. The van der Waals surface area contributed by atoms with Gasteiger partial charge in [-0.2, -0.15) is 0 Å². The van der Waals surface area contributed by atoms with Gasteiger partial charge in [0.15, 0.2) is 12.2 Å². The predicted octanol–water partition coefficient (Wildman–Crippen LogP) is 22.9. The monoisotopic (exact) mass is 1410 g/mol. The topological polar surface area (TPSA) is 237 Å². The number of rotatable bonds is 77. The van der Waals surface area contributed by atoms with E-state index in [-0.39, 0.29) is 25.7 Å². The number of aliphatic hydroxyl groups is 1. The fourth-order valence-corrected chi connectivity index (χ4v) is 13.4. The van der Waals surface area contributed by atoms with Crippen LogP contribution in [0.1, 0.15) is 407 Å². The predicted molar refractivity (Wildman–Crippen MR) is 391 cm³/mol. The van der Waals surface area contributed by atoms with Gasteiger partial charge in [-0.15, -0.1) is 0 Å². The zero-order valence-corrected chi connectivity index (χ0v) is 64.3. The first kappa shape index (κ1) is 94.1. The maximum Gasteiger partial charge on any atom is 0.472 e. The Hall–Kier alpha value is -1.94. The van der Waals surface area contributed by atoms with Crippen LogP contribution in [0.5, 0.6) is 0 Å². The van der Waals surface area contributed by atoms with Crippen molar-refractivity contribution >= 4 is 39.5 Å². The van der Waals surface area contributed by atoms with Gasteiger partial charge in [0, 0.05) is 25.7 Å². The van der Waals surface area contributed by atoms with Gasteiger partial charge in [0.1, 0.15) is 19.3 Å². The number of carbonyl (C=O) groups is 4. The van der Waals surface area contributed by atoms with Crippen molar-refractivity contribution in [1.29, 1.82) is 0 Å². The molecule has 0 saturated carbocycles. The highest BCUT2D eigenvalue weighted by Gasteiger charge is 2.30. The average molecular weight is 1410 g/mol. The molecule has 0 radical (unpaired) electrons. The van der Waals surface area contributed by atoms with E-state index in [1.165, 1.54) is 225 Å². The molecule has 0 aromatic rings. The molecular formula is C77H150O17P2. The summed E-state index contributed by atoms with van der Waals surface area (Å²) < 4.78 is 68.3. The Morgan fingerprint density at radius 1 is 0.292 bits per heavy atom. The molecule has 6 atom stereocenters. The van der Waals surface area contributed by atoms with Crippen LogP contribution in [0.25, 0.3) is 0 Å². The SMILES string of the molecule is CCCCCCCCCCCCCCCCCC(=O)OC[C@H](COP(=O)(O)OC[C@@H](O)COP(=O)(O)OC[C@@H](COC(=O)CCCCCCC)OC(=O)CCCCCCCCCCCCCCCC)OC(=O)CCCCCCCCCCCCCCCCCCCCC(C)CC. The number of esters is 4. The van der Waals surface area contributed by atoms with Crippen LogP contribution in [0, 0.1) is 5.92 Å². The van der Waals surface area contributed by atoms with Gasteiger partial charge in [-0.1, -0.05) is 356 Å². The van der Waals surface area contributed by atoms with Gasteiger partial charge < -0.3 is 33.8 Å². The second-order valence-corrected chi connectivity index (χ2v) is 30.9. The highest BCUT2D eigenvalue weighted by molar-refractivity contribution is 7.47. The number of hydrogen-bond donors (Lipinski definition) is 3. The van der Waals surface area contributed by atoms with Crippen LogP contribution in [-0.2, 0) is 65.4 Å². The first-order chi connectivity index (χ1) is 46.6. The van der Waals surface area contributed by atoms with E-state index in [4.69, 9.17) is 37.0 Å². The van der Waals surface area contributed by atoms with Crippen molar-refractivity contribution in [1.82, 2.24) is 0 Å². The Bertz CT molecular complexity index is 1840. The third-order valence-electron chi connectivity index (χ3n) is 18.4. The largest absolute Gasteiger partial charge is 0.472 e. The first-order valence-corrected chi connectivity index (χ1v) is 43.2. The number of phosphoric acid groups is 2. The lowest BCUT2D eigenvalue weighted by Gasteiger charge is -2.21. The minimum atomic E-state index is -4.96. The molecule has 0 fully saturated rings. The minimum absolute atomic E-state index is 0.107. The summed E-state index contributed by atoms with van der Waals surface area (Å²) in [6, 6.07) is 0. The average Bonchev–Trinajstić information content (AvgIpc) is 2.63. The van der Waals surface area contributed by atoms with Crippen molar-refractivity contribution in [2.45, 2.75) is 425 Å². The van der Waals surface area contributed by atoms with Gasteiger partial charge in [0.25, 0.3) is 0 Å². The molecule has 96 heavy (non-hydrogen) atoms. The number of carbonyl (C=O) groups excluding carboxylic acids is 4. The summed E-state index contributed by atoms with van der Waals surface area (Å²) in [6.07, 6.45) is 60.0. The minimum Gasteiger partial charge on any atom is -0.462 e. The standard InChI is InChI=1S/C77H150O17P2/c1-6-10-13-16-18-20-22-24-30-35-38-42-46-51-56-61-75(80)88-67-73(94-77(82)63-58-53-48-44-40-36-32-29-27-26-28-31-33-37-41-45-50-54-59-70(5)9-4)69-92-96(85,86)90-65-71(78)64-89-95(83,84)91-68-72(66-87-74(79)60-55-49-15-12-8-3)93-76(81)62-57-52-47-43-39-34-25-23-21-19-17-14-11-7-2/h70-73,78H,6-69H2,1-5H3,(H,83,84)(H,85,86)/t70?,71-,72+,73+/m0/s1. The number of unbranched alkanes of at least 4 members (excludes halogenated alkanes) is 48. The van der Waals surface area contributed by atoms with E-state index >= 15 is 0 Å². The lowest BCUT2D eigenvalue weighted by Crippen LogP contribution is -2.30. The van der Waals surface area contributed by atoms with Crippen LogP contribution in [0.2, 0.25) is 0 Å². The first-order valence-electron chi connectivity index (χ1n) is 40.2. The summed E-state index contributed by atoms with van der Waals surface area (Å²) in [5.74, 6) is -1.25. The summed E-state index contributed by atoms with van der Waals surface area (Å²) >= 11 is 0. The summed E-state index contributed by atoms with van der Waals surface area (Å²) in [5.41, 5.74) is 0. The number of aliphatic hydroxyl groups excluding tert-OH is 1. The Morgan fingerprint density at radius 2 is 0.500 bits per heavy atom. The lowest BCUT2D eigenvalue weighted by atomic mass is 9.99. The van der Waals surface area contributed by atoms with E-state index in [1.54, 1.807) is 0 Å². The number of ether oxygens (including phenoxy) is 4. The molecule has 0 aliphatic heterocycles. The van der Waals surface area contributed by atoms with Crippen molar-refractivity contribution in [3.05, 3.63) is 0 Å². The molecule has 17 nitrogen and oxygen atoms in total. The zero-order chi connectivity index (χ0) is 70.5. The molecule has 0 aliphatic rings. The Balaban J connectivity index is 5.11. The van der Waals surface area contributed by atoms with E-state index < -0.39 is 97.5 Å². The van der Waals surface area contributed by atoms with E-state index in [0.717, 1.165) is 102 Å². The van der Waals surface area contributed by atoms with Crippen molar-refractivity contribution in [2.24, 2.45) is 5.92 Å². The molecule has 0 aromatic carbocycles. The van der Waals surface area contributed by atoms with Crippen LogP contribution >= 0.6 is 15.6 Å². The van der Waals surface area contributed by atoms with E-state index in [1.807, 2.05) is 0 Å². The van der Waals surface area contributed by atoms with E-state index in [2.05, 4.69) is 34.6 Å². The van der Waals surface area contributed by atoms with Crippen molar-refractivity contribution in [3.63, 3.8) is 0 Å². The summed E-state index contributed by atoms with van der Waals surface area (Å²) in [6.45, 7) is 7.28. The molecule has 3 N–H and O–H groups in total. The molecular weight excluding hydrogens is 1260 g/mol. The quantitative estimate of drug-likeness (QED) is 0.0222. The third kappa shape index (κ3) is 69.2. The van der Waals surface area contributed by atoms with E-state index in [0.29, 0.717) is 25.7 Å². The smallest absolute Gasteiger partial charge is 0.462 e. The molecule has 570 valence electrons. The van der Waals surface area contributed by atoms with Crippen LogP contribution in [0.3, 0.4) is 0 Å². The molecule has 3 unspecified atom stereocenters. The molecule has 0 spiro atoms. The van der Waals surface area contributed by atoms with Crippen molar-refractivity contribution < 1.29 is 80.2 Å². The molecule has 0 amide bonds. The van der Waals surface area contributed by atoms with Crippen LogP contribution in [-0.4, -0.2) is 96.7 Å². The normalized spacial score (nSPS) is 14.2. The van der Waals surface area contributed by atoms with Gasteiger partial charge in [-0.3, -0.25) is 37.3 Å². The van der Waals surface area contributed by atoms with Crippen molar-refractivity contribution in [3.8, 4) is 0 Å². The molecule has 0 aliphatic carbocycles. The molecule has 0 bridgehead atoms. The fraction of sp³-hybridized carbons (Fsp3) is 0.948. The maximum absolute atomic E-state index is 13.1.